The van der Waals surface area contributed by atoms with E-state index >= 15 is 0 Å². The molecule has 0 fully saturated rings. The maximum Gasteiger partial charge on any atom is 0.300 e. The lowest BCUT2D eigenvalue weighted by Crippen LogP contribution is -2.14. The molecule has 0 saturated carbocycles. The molecule has 5 N–H and O–H groups in total. The number of carbonyl (C=O) groups excluding carboxylic acids is 1. The van der Waals surface area contributed by atoms with Gasteiger partial charge in [0.15, 0.2) is 5.78 Å². The van der Waals surface area contributed by atoms with Gasteiger partial charge in [-0.2, -0.15) is 4.98 Å². The molecule has 1 aromatic heterocycles. The number of aliphatic hydroxyl groups excluding tert-OH is 1. The summed E-state index contributed by atoms with van der Waals surface area (Å²) in [6.45, 7) is 1.71. The zero-order valence-corrected chi connectivity index (χ0v) is 15.6. The molecule has 1 aliphatic heterocycles. The molecule has 9 nitrogen and oxygen atoms in total. The van der Waals surface area contributed by atoms with Gasteiger partial charge in [0, 0.05) is 37.4 Å². The molecule has 0 spiro atoms. The normalized spacial score (nSPS) is 11.7. The molecule has 0 radical (unpaired) electrons. The third-order valence-corrected chi connectivity index (χ3v) is 3.80. The number of carbonyl (C=O) groups is 2. The molecule has 0 saturated heterocycles. The molecule has 148 valence electrons. The zero-order chi connectivity index (χ0) is 20.5. The van der Waals surface area contributed by atoms with Crippen molar-refractivity contribution in [3.05, 3.63) is 41.6 Å². The maximum absolute atomic E-state index is 12.3. The highest BCUT2D eigenvalue weighted by Crippen LogP contribution is 2.25. The van der Waals surface area contributed by atoms with Crippen LogP contribution in [0.15, 0.2) is 35.5 Å². The molecule has 0 atom stereocenters. The van der Waals surface area contributed by atoms with E-state index in [1.807, 2.05) is 18.2 Å². The summed E-state index contributed by atoms with van der Waals surface area (Å²) in [5.74, 6) is -0.0266. The predicted molar refractivity (Wildman–Crippen MR) is 106 cm³/mol. The number of hydrogen-bond donors (Lipinski definition) is 4. The molecule has 0 amide bonds. The first-order chi connectivity index (χ1) is 13.4. The van der Waals surface area contributed by atoms with Gasteiger partial charge in [-0.15, -0.1) is 0 Å². The van der Waals surface area contributed by atoms with Crippen molar-refractivity contribution in [2.24, 2.45) is 4.99 Å². The van der Waals surface area contributed by atoms with Gasteiger partial charge in [0.05, 0.1) is 6.54 Å². The molecular weight excluding hydrogens is 362 g/mol. The third-order valence-electron chi connectivity index (χ3n) is 3.80. The Morgan fingerprint density at radius 3 is 2.68 bits per heavy atom. The maximum atomic E-state index is 12.3. The number of nitrogen functional groups attached to an aromatic ring is 1. The van der Waals surface area contributed by atoms with Gasteiger partial charge in [-0.25, -0.2) is 4.98 Å². The van der Waals surface area contributed by atoms with Crippen molar-refractivity contribution in [3.8, 4) is 0 Å². The van der Waals surface area contributed by atoms with Gasteiger partial charge in [0.25, 0.3) is 5.97 Å². The van der Waals surface area contributed by atoms with Crippen LogP contribution in [-0.4, -0.2) is 44.3 Å². The topological polar surface area (TPSA) is 151 Å². The van der Waals surface area contributed by atoms with E-state index < -0.39 is 5.97 Å². The van der Waals surface area contributed by atoms with Gasteiger partial charge in [-0.1, -0.05) is 6.07 Å². The number of benzene rings is 1. The zero-order valence-electron chi connectivity index (χ0n) is 15.6. The summed E-state index contributed by atoms with van der Waals surface area (Å²) >= 11 is 0. The number of fused-ring (bicyclic) bond motifs is 1. The highest BCUT2D eigenvalue weighted by molar-refractivity contribution is 6.47. The van der Waals surface area contributed by atoms with Crippen molar-refractivity contribution >= 4 is 34.9 Å². The van der Waals surface area contributed by atoms with E-state index in [0.29, 0.717) is 37.3 Å². The van der Waals surface area contributed by atoms with Crippen LogP contribution in [0.4, 0.5) is 17.5 Å². The number of anilines is 3. The van der Waals surface area contributed by atoms with Gasteiger partial charge >= 0.3 is 0 Å². The molecule has 1 aliphatic rings. The van der Waals surface area contributed by atoms with Crippen molar-refractivity contribution in [1.29, 1.82) is 0 Å². The highest BCUT2D eigenvalue weighted by Gasteiger charge is 2.22. The van der Waals surface area contributed by atoms with Crippen LogP contribution in [0.2, 0.25) is 0 Å². The van der Waals surface area contributed by atoms with Crippen LogP contribution >= 0.6 is 0 Å². The molecule has 0 aliphatic carbocycles. The fourth-order valence-electron chi connectivity index (χ4n) is 2.61. The summed E-state index contributed by atoms with van der Waals surface area (Å²) in [5.41, 5.74) is 8.80. The number of aliphatic hydroxyl groups is 1. The molecule has 2 aromatic rings. The average Bonchev–Trinajstić information content (AvgIpc) is 3.05. The number of nitrogens with two attached hydrogens (primary N) is 1. The van der Waals surface area contributed by atoms with Crippen LogP contribution in [0.1, 0.15) is 37.3 Å². The molecule has 0 unspecified atom stereocenters. The molecule has 9 heteroatoms. The van der Waals surface area contributed by atoms with E-state index in [9.17, 15) is 4.79 Å². The molecule has 3 rings (SSSR count). The van der Waals surface area contributed by atoms with E-state index in [0.717, 1.165) is 23.7 Å². The van der Waals surface area contributed by atoms with Crippen molar-refractivity contribution in [1.82, 2.24) is 9.97 Å². The summed E-state index contributed by atoms with van der Waals surface area (Å²) in [7, 11) is 0. The van der Waals surface area contributed by atoms with E-state index in [1.165, 1.54) is 0 Å². The van der Waals surface area contributed by atoms with Crippen LogP contribution in [0.3, 0.4) is 0 Å². The largest absolute Gasteiger partial charge is 0.481 e. The number of ketones is 1. The van der Waals surface area contributed by atoms with E-state index in [-0.39, 0.29) is 18.3 Å². The number of nitrogens with one attached hydrogen (secondary N) is 1. The van der Waals surface area contributed by atoms with E-state index in [2.05, 4.69) is 20.3 Å². The van der Waals surface area contributed by atoms with Crippen LogP contribution in [0.5, 0.6) is 0 Å². The minimum absolute atomic E-state index is 0.0191. The van der Waals surface area contributed by atoms with Crippen LogP contribution in [0, 0.1) is 0 Å². The van der Waals surface area contributed by atoms with Gasteiger partial charge in [0.2, 0.25) is 5.95 Å². The number of aliphatic carboxylic acids is 1. The van der Waals surface area contributed by atoms with Gasteiger partial charge in [-0.05, 0) is 36.6 Å². The second kappa shape index (κ2) is 10.1. The third kappa shape index (κ3) is 6.13. The van der Waals surface area contributed by atoms with Crippen molar-refractivity contribution in [3.63, 3.8) is 0 Å². The molecule has 2 heterocycles. The first-order valence-corrected chi connectivity index (χ1v) is 8.77. The Kier molecular flexibility index (Phi) is 7.58. The van der Waals surface area contributed by atoms with Crippen molar-refractivity contribution in [2.75, 3.05) is 17.7 Å². The number of carboxylic acid groups (broad SMARTS) is 1. The molecule has 1 aromatic carbocycles. The standard InChI is InChI=1S/C17H19N5O2.C2H4O2/c18-17-19-7-6-15(22-17)21-12-5-4-11-10-20-16(13(11)9-12)14(24)3-1-2-8-23;1-2(3)4/h4-7,9,23H,1-3,8,10H2,(H3,18,19,21,22);1H3,(H,3,4). The molecular formula is C19H23N5O4. The Morgan fingerprint density at radius 1 is 1.25 bits per heavy atom. The highest BCUT2D eigenvalue weighted by atomic mass is 16.4. The quantitative estimate of drug-likeness (QED) is 0.528. The number of aromatic nitrogens is 2. The smallest absolute Gasteiger partial charge is 0.300 e. The van der Waals surface area contributed by atoms with Crippen LogP contribution < -0.4 is 11.1 Å². The Balaban J connectivity index is 0.000000640. The lowest BCUT2D eigenvalue weighted by molar-refractivity contribution is -0.134. The number of aliphatic imine (C=N–C) groups is 1. The number of Topliss-reactive ketones (excluding diaryl/α,β-unsaturated/α-hetero) is 1. The summed E-state index contributed by atoms with van der Waals surface area (Å²) in [6.07, 6.45) is 3.28. The molecule has 28 heavy (non-hydrogen) atoms. The van der Waals surface area contributed by atoms with Gasteiger partial charge < -0.3 is 21.3 Å². The average molecular weight is 385 g/mol. The lowest BCUT2D eigenvalue weighted by Gasteiger charge is -2.09. The number of unbranched alkanes of at least 4 members (excludes halogenated alkanes) is 1. The summed E-state index contributed by atoms with van der Waals surface area (Å²) in [4.78, 5) is 33.7. The fraction of sp³-hybridized carbons (Fsp3) is 0.316. The minimum atomic E-state index is -0.833. The minimum Gasteiger partial charge on any atom is -0.481 e. The first-order valence-electron chi connectivity index (χ1n) is 8.77. The lowest BCUT2D eigenvalue weighted by atomic mass is 9.99. The number of rotatable bonds is 7. The second-order valence-electron chi connectivity index (χ2n) is 6.08. The number of nitrogens with zero attached hydrogens (tertiary/aromatic N) is 3. The molecule has 0 bridgehead atoms. The monoisotopic (exact) mass is 385 g/mol. The fourth-order valence-corrected chi connectivity index (χ4v) is 2.61. The van der Waals surface area contributed by atoms with Gasteiger partial charge in [0.1, 0.15) is 11.5 Å². The van der Waals surface area contributed by atoms with E-state index in [4.69, 9.17) is 20.7 Å². The van der Waals surface area contributed by atoms with E-state index in [1.54, 1.807) is 12.3 Å². The Bertz CT molecular complexity index is 878. The Morgan fingerprint density at radius 2 is 2.00 bits per heavy atom. The summed E-state index contributed by atoms with van der Waals surface area (Å²) < 4.78 is 0. The van der Waals surface area contributed by atoms with Crippen LogP contribution in [0.25, 0.3) is 0 Å². The Labute approximate surface area is 162 Å². The van der Waals surface area contributed by atoms with Crippen molar-refractivity contribution < 1.29 is 19.8 Å². The van der Waals surface area contributed by atoms with Crippen LogP contribution in [-0.2, 0) is 16.1 Å². The number of hydrogen-bond acceptors (Lipinski definition) is 8. The SMILES string of the molecule is CC(=O)O.Nc1nccc(Nc2ccc3c(c2)C(C(=O)CCCCO)=NC3)n1. The Hall–Kier alpha value is -3.33. The summed E-state index contributed by atoms with van der Waals surface area (Å²) in [5, 5.41) is 19.4. The second-order valence-corrected chi connectivity index (χ2v) is 6.08. The van der Waals surface area contributed by atoms with Gasteiger partial charge in [-0.3, -0.25) is 14.6 Å². The summed E-state index contributed by atoms with van der Waals surface area (Å²) in [6, 6.07) is 7.51. The van der Waals surface area contributed by atoms with Crippen molar-refractivity contribution in [2.45, 2.75) is 32.7 Å². The predicted octanol–water partition coefficient (Wildman–Crippen LogP) is 1.93. The first kappa shape index (κ1) is 21.0. The number of carboxylic acids is 1.